The van der Waals surface area contributed by atoms with Crippen LogP contribution in [0.4, 0.5) is 11.4 Å². The highest BCUT2D eigenvalue weighted by Gasteiger charge is 2.20. The van der Waals surface area contributed by atoms with Crippen LogP contribution in [0.1, 0.15) is 27.8 Å². The lowest BCUT2D eigenvalue weighted by atomic mass is 10.2. The average molecular weight is 368 g/mol. The summed E-state index contributed by atoms with van der Waals surface area (Å²) in [7, 11) is 0. The van der Waals surface area contributed by atoms with Crippen LogP contribution in [-0.4, -0.2) is 53.9 Å². The Bertz CT molecular complexity index is 845. The number of rotatable bonds is 4. The fourth-order valence-corrected chi connectivity index (χ4v) is 2.67. The molecular weight excluding hydrogens is 348 g/mol. The molecule has 1 saturated heterocycles. The Morgan fingerprint density at radius 3 is 2.26 bits per heavy atom. The van der Waals surface area contributed by atoms with Gasteiger partial charge in [0.1, 0.15) is 5.69 Å². The van der Waals surface area contributed by atoms with Crippen molar-refractivity contribution in [1.82, 2.24) is 9.88 Å². The van der Waals surface area contributed by atoms with Crippen LogP contribution in [0.25, 0.3) is 0 Å². The van der Waals surface area contributed by atoms with Crippen LogP contribution < -0.4 is 10.6 Å². The van der Waals surface area contributed by atoms with Gasteiger partial charge in [-0.15, -0.1) is 0 Å². The molecule has 1 aliphatic heterocycles. The van der Waals surface area contributed by atoms with E-state index in [0.29, 0.717) is 43.2 Å². The summed E-state index contributed by atoms with van der Waals surface area (Å²) in [4.78, 5) is 41.8. The van der Waals surface area contributed by atoms with Gasteiger partial charge < -0.3 is 20.3 Å². The molecule has 2 aromatic rings. The zero-order chi connectivity index (χ0) is 19.2. The monoisotopic (exact) mass is 368 g/mol. The van der Waals surface area contributed by atoms with Gasteiger partial charge in [0, 0.05) is 43.1 Å². The lowest BCUT2D eigenvalue weighted by Crippen LogP contribution is -2.40. The Hall–Kier alpha value is -3.26. The molecule has 2 heterocycles. The Labute approximate surface area is 156 Å². The number of morpholine rings is 1. The van der Waals surface area contributed by atoms with Crippen LogP contribution >= 0.6 is 0 Å². The van der Waals surface area contributed by atoms with E-state index in [4.69, 9.17) is 4.74 Å². The molecule has 3 amide bonds. The van der Waals surface area contributed by atoms with Crippen molar-refractivity contribution in [3.63, 3.8) is 0 Å². The van der Waals surface area contributed by atoms with E-state index in [-0.39, 0.29) is 17.5 Å². The van der Waals surface area contributed by atoms with E-state index in [1.54, 1.807) is 35.2 Å². The molecule has 0 aliphatic carbocycles. The topological polar surface area (TPSA) is 101 Å². The average Bonchev–Trinajstić information content (AvgIpc) is 2.69. The maximum Gasteiger partial charge on any atom is 0.274 e. The van der Waals surface area contributed by atoms with Crippen LogP contribution in [-0.2, 0) is 9.53 Å². The van der Waals surface area contributed by atoms with Gasteiger partial charge in [-0.3, -0.25) is 19.4 Å². The van der Waals surface area contributed by atoms with Crippen LogP contribution in [0, 0.1) is 0 Å². The quantitative estimate of drug-likeness (QED) is 0.857. The number of nitrogens with zero attached hydrogens (tertiary/aromatic N) is 2. The van der Waals surface area contributed by atoms with Gasteiger partial charge in [-0.2, -0.15) is 0 Å². The maximum absolute atomic E-state index is 12.5. The summed E-state index contributed by atoms with van der Waals surface area (Å²) in [5.74, 6) is -0.731. The second kappa shape index (κ2) is 8.41. The first-order chi connectivity index (χ1) is 13.0. The number of carbonyl (C=O) groups is 3. The normalized spacial score (nSPS) is 13.7. The predicted molar refractivity (Wildman–Crippen MR) is 99.7 cm³/mol. The summed E-state index contributed by atoms with van der Waals surface area (Å²) in [5, 5.41) is 5.38. The molecule has 3 rings (SSSR count). The van der Waals surface area contributed by atoms with Crippen molar-refractivity contribution < 1.29 is 19.1 Å². The number of ether oxygens (including phenoxy) is 1. The van der Waals surface area contributed by atoms with E-state index < -0.39 is 5.91 Å². The molecule has 0 bridgehead atoms. The standard InChI is InChI=1S/C19H20N4O4/c1-13(24)21-15-2-4-16(5-3-15)22-18(25)17-12-14(6-7-20-17)19(26)23-8-10-27-11-9-23/h2-7,12H,8-11H2,1H3,(H,21,24)(H,22,25). The summed E-state index contributed by atoms with van der Waals surface area (Å²) >= 11 is 0. The highest BCUT2D eigenvalue weighted by molar-refractivity contribution is 6.05. The summed E-state index contributed by atoms with van der Waals surface area (Å²) in [6.45, 7) is 3.51. The molecule has 8 heteroatoms. The number of nitrogens with one attached hydrogen (secondary N) is 2. The molecule has 0 saturated carbocycles. The number of amides is 3. The Balaban J connectivity index is 1.68. The number of benzene rings is 1. The molecule has 1 aliphatic rings. The zero-order valence-corrected chi connectivity index (χ0v) is 14.9. The first kappa shape index (κ1) is 18.5. The fourth-order valence-electron chi connectivity index (χ4n) is 2.67. The molecular formula is C19H20N4O4. The van der Waals surface area contributed by atoms with Crippen LogP contribution in [0.5, 0.6) is 0 Å². The minimum Gasteiger partial charge on any atom is -0.378 e. The third-order valence-corrected chi connectivity index (χ3v) is 4.00. The number of pyridine rings is 1. The number of aromatic nitrogens is 1. The van der Waals surface area contributed by atoms with Crippen LogP contribution in [0.3, 0.4) is 0 Å². The van der Waals surface area contributed by atoms with Crippen molar-refractivity contribution in [3.05, 3.63) is 53.9 Å². The number of hydrogen-bond donors (Lipinski definition) is 2. The molecule has 0 radical (unpaired) electrons. The molecule has 8 nitrogen and oxygen atoms in total. The summed E-state index contributed by atoms with van der Waals surface area (Å²) < 4.78 is 5.25. The van der Waals surface area contributed by atoms with Crippen LogP contribution in [0.15, 0.2) is 42.6 Å². The molecule has 1 fully saturated rings. The van der Waals surface area contributed by atoms with Crippen molar-refractivity contribution >= 4 is 29.1 Å². The van der Waals surface area contributed by atoms with Gasteiger partial charge in [0.25, 0.3) is 11.8 Å². The van der Waals surface area contributed by atoms with E-state index in [0.717, 1.165) is 0 Å². The Kier molecular flexibility index (Phi) is 5.77. The van der Waals surface area contributed by atoms with E-state index >= 15 is 0 Å². The van der Waals surface area contributed by atoms with E-state index in [1.807, 2.05) is 0 Å². The van der Waals surface area contributed by atoms with Gasteiger partial charge in [-0.05, 0) is 36.4 Å². The summed E-state index contributed by atoms with van der Waals surface area (Å²) in [6.07, 6.45) is 1.45. The maximum atomic E-state index is 12.5. The van der Waals surface area contributed by atoms with Gasteiger partial charge in [0.05, 0.1) is 13.2 Å². The predicted octanol–water partition coefficient (Wildman–Crippen LogP) is 1.76. The summed E-state index contributed by atoms with van der Waals surface area (Å²) in [6, 6.07) is 9.79. The highest BCUT2D eigenvalue weighted by atomic mass is 16.5. The van der Waals surface area contributed by atoms with Crippen molar-refractivity contribution in [2.45, 2.75) is 6.92 Å². The molecule has 0 spiro atoms. The van der Waals surface area contributed by atoms with Crippen molar-refractivity contribution in [3.8, 4) is 0 Å². The molecule has 140 valence electrons. The Morgan fingerprint density at radius 1 is 1.00 bits per heavy atom. The lowest BCUT2D eigenvalue weighted by Gasteiger charge is -2.26. The number of carbonyl (C=O) groups excluding carboxylic acids is 3. The third kappa shape index (κ3) is 4.89. The lowest BCUT2D eigenvalue weighted by molar-refractivity contribution is -0.114. The third-order valence-electron chi connectivity index (χ3n) is 4.00. The highest BCUT2D eigenvalue weighted by Crippen LogP contribution is 2.15. The van der Waals surface area contributed by atoms with Gasteiger partial charge in [-0.25, -0.2) is 0 Å². The summed E-state index contributed by atoms with van der Waals surface area (Å²) in [5.41, 5.74) is 1.76. The number of anilines is 2. The van der Waals surface area contributed by atoms with Crippen LogP contribution in [0.2, 0.25) is 0 Å². The first-order valence-electron chi connectivity index (χ1n) is 8.55. The molecule has 0 unspecified atom stereocenters. The van der Waals surface area contributed by atoms with E-state index in [2.05, 4.69) is 15.6 Å². The van der Waals surface area contributed by atoms with Crippen molar-refractivity contribution in [2.24, 2.45) is 0 Å². The molecule has 1 aromatic carbocycles. The van der Waals surface area contributed by atoms with Gasteiger partial charge in [-0.1, -0.05) is 0 Å². The van der Waals surface area contributed by atoms with E-state index in [1.165, 1.54) is 19.2 Å². The molecule has 27 heavy (non-hydrogen) atoms. The second-order valence-corrected chi connectivity index (χ2v) is 6.05. The van der Waals surface area contributed by atoms with Gasteiger partial charge in [0.15, 0.2) is 0 Å². The SMILES string of the molecule is CC(=O)Nc1ccc(NC(=O)c2cc(C(=O)N3CCOCC3)ccn2)cc1. The largest absolute Gasteiger partial charge is 0.378 e. The van der Waals surface area contributed by atoms with E-state index in [9.17, 15) is 14.4 Å². The minimum atomic E-state index is -0.418. The zero-order valence-electron chi connectivity index (χ0n) is 14.9. The van der Waals surface area contributed by atoms with Crippen molar-refractivity contribution in [2.75, 3.05) is 36.9 Å². The fraction of sp³-hybridized carbons (Fsp3) is 0.263. The van der Waals surface area contributed by atoms with Crippen molar-refractivity contribution in [1.29, 1.82) is 0 Å². The smallest absolute Gasteiger partial charge is 0.274 e. The first-order valence-corrected chi connectivity index (χ1v) is 8.55. The minimum absolute atomic E-state index is 0.144. The second-order valence-electron chi connectivity index (χ2n) is 6.05. The number of hydrogen-bond acceptors (Lipinski definition) is 5. The molecule has 2 N–H and O–H groups in total. The molecule has 1 aromatic heterocycles. The van der Waals surface area contributed by atoms with Gasteiger partial charge >= 0.3 is 0 Å². The molecule has 0 atom stereocenters. The Morgan fingerprint density at radius 2 is 1.63 bits per heavy atom. The van der Waals surface area contributed by atoms with Gasteiger partial charge in [0.2, 0.25) is 5.91 Å².